The molecule has 1 heterocycles. The van der Waals surface area contributed by atoms with Crippen LogP contribution < -0.4 is 4.74 Å². The third kappa shape index (κ3) is 7.39. The van der Waals surface area contributed by atoms with Gasteiger partial charge >= 0.3 is 0 Å². The van der Waals surface area contributed by atoms with Gasteiger partial charge in [0.15, 0.2) is 0 Å². The van der Waals surface area contributed by atoms with E-state index in [-0.39, 0.29) is 6.10 Å². The van der Waals surface area contributed by atoms with E-state index < -0.39 is 0 Å². The van der Waals surface area contributed by atoms with Crippen LogP contribution in [0.5, 0.6) is 5.75 Å². The van der Waals surface area contributed by atoms with Crippen molar-refractivity contribution in [1.82, 2.24) is 4.90 Å². The Balaban J connectivity index is 0.00000112. The molecule has 0 saturated carbocycles. The van der Waals surface area contributed by atoms with Crippen LogP contribution in [0.4, 0.5) is 0 Å². The predicted molar refractivity (Wildman–Crippen MR) is 104 cm³/mol. The summed E-state index contributed by atoms with van der Waals surface area (Å²) in [7, 11) is 2.21. The summed E-state index contributed by atoms with van der Waals surface area (Å²) in [6, 6.07) is 6.81. The van der Waals surface area contributed by atoms with Crippen LogP contribution >= 0.6 is 0 Å². The molecule has 1 saturated heterocycles. The van der Waals surface area contributed by atoms with Crippen molar-refractivity contribution >= 4 is 0 Å². The van der Waals surface area contributed by atoms with Gasteiger partial charge in [-0.15, -0.1) is 0 Å². The van der Waals surface area contributed by atoms with Gasteiger partial charge in [-0.2, -0.15) is 0 Å². The first-order valence-electron chi connectivity index (χ1n) is 9.58. The third-order valence-corrected chi connectivity index (χ3v) is 4.01. The molecule has 0 atom stereocenters. The van der Waals surface area contributed by atoms with E-state index in [0.717, 1.165) is 12.2 Å². The van der Waals surface area contributed by atoms with Crippen LogP contribution in [0, 0.1) is 0 Å². The van der Waals surface area contributed by atoms with Gasteiger partial charge in [0, 0.05) is 0 Å². The molecule has 23 heavy (non-hydrogen) atoms. The molecular weight excluding hydrogens is 282 g/mol. The molecule has 0 N–H and O–H groups in total. The summed E-state index contributed by atoms with van der Waals surface area (Å²) < 4.78 is 6.05. The van der Waals surface area contributed by atoms with Crippen molar-refractivity contribution in [2.24, 2.45) is 0 Å². The summed E-state index contributed by atoms with van der Waals surface area (Å²) in [6.07, 6.45) is 3.81. The van der Waals surface area contributed by atoms with E-state index >= 15 is 0 Å². The quantitative estimate of drug-likeness (QED) is 0.684. The second kappa shape index (κ2) is 12.4. The monoisotopic (exact) mass is 321 g/mol. The number of ether oxygens (including phenoxy) is 1. The number of rotatable bonds is 4. The molecule has 1 aromatic rings. The van der Waals surface area contributed by atoms with Crippen molar-refractivity contribution in [3.8, 4) is 5.75 Å². The minimum atomic E-state index is 0.247. The average molecular weight is 322 g/mol. The largest absolute Gasteiger partial charge is 0.491 e. The highest BCUT2D eigenvalue weighted by molar-refractivity contribution is 5.40. The number of piperidine rings is 1. The van der Waals surface area contributed by atoms with E-state index in [2.05, 4.69) is 50.9 Å². The summed E-state index contributed by atoms with van der Waals surface area (Å²) in [4.78, 5) is 2.42. The van der Waals surface area contributed by atoms with Crippen molar-refractivity contribution < 1.29 is 4.74 Å². The minimum absolute atomic E-state index is 0.247. The fourth-order valence-electron chi connectivity index (χ4n) is 2.81. The molecule has 1 aliphatic heterocycles. The zero-order valence-electron chi connectivity index (χ0n) is 16.8. The lowest BCUT2D eigenvalue weighted by Gasteiger charge is -2.30. The maximum Gasteiger partial charge on any atom is 0.123 e. The molecule has 2 rings (SSSR count). The van der Waals surface area contributed by atoms with Crippen molar-refractivity contribution in [2.45, 2.75) is 79.8 Å². The lowest BCUT2D eigenvalue weighted by atomic mass is 9.88. The lowest BCUT2D eigenvalue weighted by Crippen LogP contribution is -2.29. The molecule has 1 aromatic carbocycles. The Morgan fingerprint density at radius 1 is 1.09 bits per heavy atom. The van der Waals surface area contributed by atoms with Crippen LogP contribution in [0.15, 0.2) is 18.2 Å². The van der Waals surface area contributed by atoms with Crippen LogP contribution in [0.2, 0.25) is 0 Å². The Hall–Kier alpha value is -1.02. The summed E-state index contributed by atoms with van der Waals surface area (Å²) in [5, 5.41) is 0. The van der Waals surface area contributed by atoms with Gasteiger partial charge in [-0.05, 0) is 76.4 Å². The van der Waals surface area contributed by atoms with Gasteiger partial charge in [-0.1, -0.05) is 46.8 Å². The molecule has 1 aliphatic rings. The molecule has 0 aromatic heterocycles. The van der Waals surface area contributed by atoms with E-state index in [1.807, 2.05) is 27.7 Å². The predicted octanol–water partition coefficient (Wildman–Crippen LogP) is 5.90. The molecule has 0 unspecified atom stereocenters. The Morgan fingerprint density at radius 2 is 1.65 bits per heavy atom. The van der Waals surface area contributed by atoms with E-state index in [1.54, 1.807) is 0 Å². The van der Waals surface area contributed by atoms with Gasteiger partial charge < -0.3 is 9.64 Å². The molecule has 1 fully saturated rings. The number of hydrogen-bond donors (Lipinski definition) is 0. The number of benzene rings is 1. The molecule has 0 aliphatic carbocycles. The zero-order valence-corrected chi connectivity index (χ0v) is 16.8. The summed E-state index contributed by atoms with van der Waals surface area (Å²) in [5.41, 5.74) is 2.78. The van der Waals surface area contributed by atoms with E-state index in [0.29, 0.717) is 5.92 Å². The molecule has 134 valence electrons. The van der Waals surface area contributed by atoms with Crippen LogP contribution in [0.25, 0.3) is 0 Å². The van der Waals surface area contributed by atoms with Crippen molar-refractivity contribution in [2.75, 3.05) is 20.1 Å². The van der Waals surface area contributed by atoms with Gasteiger partial charge in [-0.3, -0.25) is 0 Å². The Bertz CT molecular complexity index is 406. The molecule has 0 amide bonds. The SMILES string of the molecule is CC.CC.CCc1ccc(C2CCN(C)CC2)c(OC(C)C)c1. The first-order chi connectivity index (χ1) is 11.1. The Morgan fingerprint density at radius 3 is 2.13 bits per heavy atom. The molecular formula is C21H39NO. The highest BCUT2D eigenvalue weighted by Gasteiger charge is 2.21. The average Bonchev–Trinajstić information content (AvgIpc) is 2.59. The van der Waals surface area contributed by atoms with Crippen molar-refractivity contribution in [3.05, 3.63) is 29.3 Å². The number of nitrogens with zero attached hydrogens (tertiary/aromatic N) is 1. The highest BCUT2D eigenvalue weighted by Crippen LogP contribution is 2.35. The summed E-state index contributed by atoms with van der Waals surface area (Å²) in [6.45, 7) is 16.8. The van der Waals surface area contributed by atoms with Crippen molar-refractivity contribution in [1.29, 1.82) is 0 Å². The molecule has 0 radical (unpaired) electrons. The van der Waals surface area contributed by atoms with Crippen LogP contribution in [-0.2, 0) is 6.42 Å². The van der Waals surface area contributed by atoms with Crippen LogP contribution in [0.1, 0.15) is 78.4 Å². The van der Waals surface area contributed by atoms with E-state index in [1.165, 1.54) is 37.1 Å². The molecule has 0 bridgehead atoms. The van der Waals surface area contributed by atoms with Gasteiger partial charge in [0.2, 0.25) is 0 Å². The normalized spacial score (nSPS) is 15.3. The fourth-order valence-corrected chi connectivity index (χ4v) is 2.81. The molecule has 2 heteroatoms. The Kier molecular flexibility index (Phi) is 11.9. The maximum atomic E-state index is 6.05. The molecule has 0 spiro atoms. The van der Waals surface area contributed by atoms with Gasteiger partial charge in [0.1, 0.15) is 5.75 Å². The van der Waals surface area contributed by atoms with Gasteiger partial charge in [0.25, 0.3) is 0 Å². The summed E-state index contributed by atoms with van der Waals surface area (Å²) in [5.74, 6) is 1.78. The maximum absolute atomic E-state index is 6.05. The first kappa shape index (κ1) is 22.0. The first-order valence-corrected chi connectivity index (χ1v) is 9.58. The number of hydrogen-bond acceptors (Lipinski definition) is 2. The smallest absolute Gasteiger partial charge is 0.123 e. The second-order valence-corrected chi connectivity index (χ2v) is 5.97. The topological polar surface area (TPSA) is 12.5 Å². The second-order valence-electron chi connectivity index (χ2n) is 5.97. The standard InChI is InChI=1S/C17H27NO.2C2H6/c1-5-14-6-7-16(17(12-14)19-13(2)3)15-8-10-18(4)11-9-15;2*1-2/h6-7,12-13,15H,5,8-11H2,1-4H3;2*1-2H3. The third-order valence-electron chi connectivity index (χ3n) is 4.01. The van der Waals surface area contributed by atoms with E-state index in [4.69, 9.17) is 4.74 Å². The fraction of sp³-hybridized carbons (Fsp3) is 0.714. The van der Waals surface area contributed by atoms with Crippen molar-refractivity contribution in [3.63, 3.8) is 0 Å². The van der Waals surface area contributed by atoms with Gasteiger partial charge in [0.05, 0.1) is 6.10 Å². The minimum Gasteiger partial charge on any atom is -0.491 e. The van der Waals surface area contributed by atoms with Gasteiger partial charge in [-0.25, -0.2) is 0 Å². The number of likely N-dealkylation sites (tertiary alicyclic amines) is 1. The summed E-state index contributed by atoms with van der Waals surface area (Å²) >= 11 is 0. The highest BCUT2D eigenvalue weighted by atomic mass is 16.5. The van der Waals surface area contributed by atoms with Crippen LogP contribution in [-0.4, -0.2) is 31.1 Å². The number of aryl methyl sites for hydroxylation is 1. The zero-order chi connectivity index (χ0) is 17.8. The Labute approximate surface area is 145 Å². The molecule has 2 nitrogen and oxygen atoms in total. The van der Waals surface area contributed by atoms with E-state index in [9.17, 15) is 0 Å². The lowest BCUT2D eigenvalue weighted by molar-refractivity contribution is 0.226. The van der Waals surface area contributed by atoms with Crippen LogP contribution in [0.3, 0.4) is 0 Å².